The first kappa shape index (κ1) is 21.8. The average molecular weight is 408 g/mol. The smallest absolute Gasteiger partial charge is 0.257 e. The summed E-state index contributed by atoms with van der Waals surface area (Å²) in [5.74, 6) is 0.0527. The predicted molar refractivity (Wildman–Crippen MR) is 106 cm³/mol. The summed E-state index contributed by atoms with van der Waals surface area (Å²) in [4.78, 5) is 11.8. The summed E-state index contributed by atoms with van der Waals surface area (Å²) in [5, 5.41) is 2.78. The molecule has 1 amide bonds. The number of aryl methyl sites for hydroxylation is 1. The molecule has 0 bridgehead atoms. The quantitative estimate of drug-likeness (QED) is 0.613. The van der Waals surface area contributed by atoms with Crippen molar-refractivity contribution in [2.24, 2.45) is 0 Å². The summed E-state index contributed by atoms with van der Waals surface area (Å²) in [7, 11) is -1.72. The van der Waals surface area contributed by atoms with Crippen LogP contribution in [0.25, 0.3) is 0 Å². The molecule has 0 aliphatic heterocycles. The molecule has 8 heteroatoms. The SMILES string of the molecule is CN(Cc1ccc(OCC(=O)NCCCc2ccc(F)cc2)cc1)S(C)(=O)=O. The van der Waals surface area contributed by atoms with Crippen LogP contribution < -0.4 is 10.1 Å². The zero-order valence-corrected chi connectivity index (χ0v) is 16.8. The van der Waals surface area contributed by atoms with Crippen molar-refractivity contribution in [1.29, 1.82) is 0 Å². The summed E-state index contributed by atoms with van der Waals surface area (Å²) in [6.07, 6.45) is 2.66. The van der Waals surface area contributed by atoms with Gasteiger partial charge in [0, 0.05) is 20.1 Å². The third-order valence-electron chi connectivity index (χ3n) is 4.14. The Morgan fingerprint density at radius 2 is 1.68 bits per heavy atom. The van der Waals surface area contributed by atoms with Crippen LogP contribution in [-0.4, -0.2) is 45.1 Å². The Morgan fingerprint density at radius 3 is 2.29 bits per heavy atom. The van der Waals surface area contributed by atoms with Crippen LogP contribution in [-0.2, 0) is 27.8 Å². The van der Waals surface area contributed by atoms with Crippen molar-refractivity contribution in [2.45, 2.75) is 19.4 Å². The molecule has 0 aliphatic rings. The Balaban J connectivity index is 1.67. The molecule has 0 unspecified atom stereocenters. The van der Waals surface area contributed by atoms with Gasteiger partial charge in [0.1, 0.15) is 11.6 Å². The lowest BCUT2D eigenvalue weighted by molar-refractivity contribution is -0.123. The van der Waals surface area contributed by atoms with E-state index in [1.165, 1.54) is 23.5 Å². The van der Waals surface area contributed by atoms with Gasteiger partial charge in [-0.25, -0.2) is 17.1 Å². The molecule has 0 saturated heterocycles. The Morgan fingerprint density at radius 1 is 1.07 bits per heavy atom. The maximum absolute atomic E-state index is 12.8. The van der Waals surface area contributed by atoms with Crippen LogP contribution in [0.15, 0.2) is 48.5 Å². The topological polar surface area (TPSA) is 75.7 Å². The highest BCUT2D eigenvalue weighted by molar-refractivity contribution is 7.88. The van der Waals surface area contributed by atoms with E-state index in [0.717, 1.165) is 30.2 Å². The van der Waals surface area contributed by atoms with E-state index in [9.17, 15) is 17.6 Å². The zero-order valence-electron chi connectivity index (χ0n) is 16.0. The Hall–Kier alpha value is -2.45. The molecule has 2 aromatic rings. The zero-order chi connectivity index (χ0) is 20.6. The van der Waals surface area contributed by atoms with Gasteiger partial charge < -0.3 is 10.1 Å². The maximum Gasteiger partial charge on any atom is 0.257 e. The van der Waals surface area contributed by atoms with Crippen LogP contribution in [0.1, 0.15) is 17.5 Å². The molecule has 0 saturated carbocycles. The van der Waals surface area contributed by atoms with Crippen molar-refractivity contribution in [3.05, 3.63) is 65.5 Å². The van der Waals surface area contributed by atoms with Gasteiger partial charge in [0.05, 0.1) is 6.26 Å². The molecule has 0 fully saturated rings. The van der Waals surface area contributed by atoms with E-state index in [1.807, 2.05) is 0 Å². The second kappa shape index (κ2) is 10.2. The molecule has 0 heterocycles. The first-order chi connectivity index (χ1) is 13.2. The molecule has 6 nitrogen and oxygen atoms in total. The number of carbonyl (C=O) groups excluding carboxylic acids is 1. The van der Waals surface area contributed by atoms with E-state index in [4.69, 9.17) is 4.74 Å². The van der Waals surface area contributed by atoms with Crippen molar-refractivity contribution in [3.8, 4) is 5.75 Å². The summed E-state index contributed by atoms with van der Waals surface area (Å²) < 4.78 is 42.4. The van der Waals surface area contributed by atoms with E-state index in [2.05, 4.69) is 5.32 Å². The number of rotatable bonds is 10. The third-order valence-corrected chi connectivity index (χ3v) is 5.40. The van der Waals surface area contributed by atoms with Crippen LogP contribution in [0, 0.1) is 5.82 Å². The van der Waals surface area contributed by atoms with Crippen LogP contribution in [0.2, 0.25) is 0 Å². The summed E-state index contributed by atoms with van der Waals surface area (Å²) in [6, 6.07) is 13.2. The normalized spacial score (nSPS) is 11.4. The molecule has 0 atom stereocenters. The molecule has 152 valence electrons. The molecule has 28 heavy (non-hydrogen) atoms. The molecule has 0 radical (unpaired) electrons. The minimum atomic E-state index is -3.23. The number of hydrogen-bond acceptors (Lipinski definition) is 4. The van der Waals surface area contributed by atoms with Gasteiger partial charge >= 0.3 is 0 Å². The van der Waals surface area contributed by atoms with Crippen molar-refractivity contribution in [1.82, 2.24) is 9.62 Å². The largest absolute Gasteiger partial charge is 0.484 e. The lowest BCUT2D eigenvalue weighted by atomic mass is 10.1. The Bertz CT molecular complexity index is 868. The highest BCUT2D eigenvalue weighted by atomic mass is 32.2. The van der Waals surface area contributed by atoms with Gasteiger partial charge in [-0.2, -0.15) is 0 Å². The number of halogens is 1. The minimum Gasteiger partial charge on any atom is -0.484 e. The van der Waals surface area contributed by atoms with Crippen molar-refractivity contribution in [3.63, 3.8) is 0 Å². The van der Waals surface area contributed by atoms with Gasteiger partial charge in [0.25, 0.3) is 5.91 Å². The van der Waals surface area contributed by atoms with Crippen LogP contribution in [0.4, 0.5) is 4.39 Å². The fourth-order valence-corrected chi connectivity index (χ4v) is 2.82. The van der Waals surface area contributed by atoms with Gasteiger partial charge in [0.15, 0.2) is 6.61 Å². The summed E-state index contributed by atoms with van der Waals surface area (Å²) >= 11 is 0. The molecule has 1 N–H and O–H groups in total. The van der Waals surface area contributed by atoms with Crippen LogP contribution in [0.5, 0.6) is 5.75 Å². The monoisotopic (exact) mass is 408 g/mol. The first-order valence-corrected chi connectivity index (χ1v) is 10.7. The third kappa shape index (κ3) is 7.66. The second-order valence-electron chi connectivity index (χ2n) is 6.53. The molecular formula is C20H25FN2O4S. The van der Waals surface area contributed by atoms with Crippen LogP contribution >= 0.6 is 0 Å². The second-order valence-corrected chi connectivity index (χ2v) is 8.62. The number of nitrogens with one attached hydrogen (secondary N) is 1. The number of amides is 1. The van der Waals surface area contributed by atoms with Gasteiger partial charge in [-0.1, -0.05) is 24.3 Å². The molecule has 0 aromatic heterocycles. The highest BCUT2D eigenvalue weighted by Crippen LogP contribution is 2.14. The first-order valence-electron chi connectivity index (χ1n) is 8.88. The Kier molecular flexibility index (Phi) is 7.95. The number of sulfonamides is 1. The van der Waals surface area contributed by atoms with Gasteiger partial charge in [0.2, 0.25) is 10.0 Å². The van der Waals surface area contributed by atoms with E-state index in [-0.39, 0.29) is 24.9 Å². The summed E-state index contributed by atoms with van der Waals surface area (Å²) in [5.41, 5.74) is 1.85. The number of nitrogens with zero attached hydrogens (tertiary/aromatic N) is 1. The fraction of sp³-hybridized carbons (Fsp3) is 0.350. The van der Waals surface area contributed by atoms with E-state index < -0.39 is 10.0 Å². The highest BCUT2D eigenvalue weighted by Gasteiger charge is 2.11. The fourth-order valence-electron chi connectivity index (χ4n) is 2.44. The minimum absolute atomic E-state index is 0.0981. The van der Waals surface area contributed by atoms with Gasteiger partial charge in [-0.15, -0.1) is 0 Å². The van der Waals surface area contributed by atoms with Crippen LogP contribution in [0.3, 0.4) is 0 Å². The van der Waals surface area contributed by atoms with Crippen molar-refractivity contribution in [2.75, 3.05) is 26.5 Å². The molecule has 2 aromatic carbocycles. The maximum atomic E-state index is 12.8. The standard InChI is InChI=1S/C20H25FN2O4S/c1-23(28(2,25)26)14-17-7-11-19(12-8-17)27-15-20(24)22-13-3-4-16-5-9-18(21)10-6-16/h5-12H,3-4,13-15H2,1-2H3,(H,22,24). The number of carbonyl (C=O) groups is 1. The summed E-state index contributed by atoms with van der Waals surface area (Å²) in [6.45, 7) is 0.684. The van der Waals surface area contributed by atoms with Crippen molar-refractivity contribution >= 4 is 15.9 Å². The van der Waals surface area contributed by atoms with E-state index in [0.29, 0.717) is 12.3 Å². The number of ether oxygens (including phenoxy) is 1. The van der Waals surface area contributed by atoms with Gasteiger partial charge in [-0.05, 0) is 48.2 Å². The molecular weight excluding hydrogens is 383 g/mol. The number of benzene rings is 2. The predicted octanol–water partition coefficient (Wildman–Crippen LogP) is 2.34. The molecule has 0 aliphatic carbocycles. The van der Waals surface area contributed by atoms with Crippen molar-refractivity contribution < 1.29 is 22.3 Å². The molecule has 2 rings (SSSR count). The lowest BCUT2D eigenvalue weighted by Gasteiger charge is -2.14. The van der Waals surface area contributed by atoms with Gasteiger partial charge in [-0.3, -0.25) is 4.79 Å². The lowest BCUT2D eigenvalue weighted by Crippen LogP contribution is -2.29. The average Bonchev–Trinajstić information content (AvgIpc) is 2.65. The van der Waals surface area contributed by atoms with E-state index >= 15 is 0 Å². The Labute approximate surface area is 165 Å². The number of hydrogen-bond donors (Lipinski definition) is 1. The molecule has 0 spiro atoms. The van der Waals surface area contributed by atoms with E-state index in [1.54, 1.807) is 36.4 Å².